The Morgan fingerprint density at radius 1 is 0.861 bits per heavy atom. The first-order valence-electron chi connectivity index (χ1n) is 11.8. The van der Waals surface area contributed by atoms with Crippen molar-refractivity contribution in [2.24, 2.45) is 0 Å². The minimum absolute atomic E-state index is 0.109. The first-order valence-corrected chi connectivity index (χ1v) is 11.8. The van der Waals surface area contributed by atoms with Gasteiger partial charge in [-0.2, -0.15) is 0 Å². The zero-order valence-electron chi connectivity index (χ0n) is 19.8. The first kappa shape index (κ1) is 25.1. The van der Waals surface area contributed by atoms with Crippen LogP contribution in [0.5, 0.6) is 0 Å². The van der Waals surface area contributed by atoms with Crippen molar-refractivity contribution in [3.63, 3.8) is 0 Å². The lowest BCUT2D eigenvalue weighted by Gasteiger charge is -2.33. The standard InChI is InChI=1S/C30H28O6/c31-28(18-16-23-10-4-1-5-11-23)35-22-27(34-21-25-14-8-3-9-15-25)30-26(17-19-29(32)36-30)33-20-24-12-6-2-7-13-24/h1-19,26-27,30H,20-22H2/b18-16+/t26-,27-,30+/m1/s1. The molecule has 0 unspecified atom stereocenters. The van der Waals surface area contributed by atoms with E-state index >= 15 is 0 Å². The lowest BCUT2D eigenvalue weighted by Crippen LogP contribution is -2.47. The summed E-state index contributed by atoms with van der Waals surface area (Å²) in [5.74, 6) is -1.02. The van der Waals surface area contributed by atoms with Crippen LogP contribution in [0.4, 0.5) is 0 Å². The van der Waals surface area contributed by atoms with E-state index in [-0.39, 0.29) is 13.2 Å². The zero-order valence-corrected chi connectivity index (χ0v) is 19.8. The SMILES string of the molecule is O=C1C=C[C@@H](OCc2ccccc2)[C@@H]([C@@H](COC(=O)/C=C/c2ccccc2)OCc2ccccc2)O1. The molecule has 0 spiro atoms. The largest absolute Gasteiger partial charge is 0.460 e. The van der Waals surface area contributed by atoms with Crippen LogP contribution in [0.3, 0.4) is 0 Å². The summed E-state index contributed by atoms with van der Waals surface area (Å²) < 4.78 is 23.3. The molecule has 3 atom stereocenters. The Labute approximate surface area is 210 Å². The van der Waals surface area contributed by atoms with Crippen LogP contribution < -0.4 is 0 Å². The summed E-state index contributed by atoms with van der Waals surface area (Å²) in [4.78, 5) is 24.5. The van der Waals surface area contributed by atoms with Crippen molar-refractivity contribution in [3.05, 3.63) is 126 Å². The highest BCUT2D eigenvalue weighted by Gasteiger charge is 2.36. The summed E-state index contributed by atoms with van der Waals surface area (Å²) in [7, 11) is 0. The second-order valence-electron chi connectivity index (χ2n) is 8.23. The Bertz CT molecular complexity index is 1160. The fraction of sp³-hybridized carbons (Fsp3) is 0.200. The van der Waals surface area contributed by atoms with Crippen molar-refractivity contribution in [1.82, 2.24) is 0 Å². The third-order valence-electron chi connectivity index (χ3n) is 5.56. The Kier molecular flexibility index (Phi) is 9.19. The number of hydrogen-bond acceptors (Lipinski definition) is 6. The summed E-state index contributed by atoms with van der Waals surface area (Å²) in [5, 5.41) is 0. The molecule has 0 saturated carbocycles. The normalized spacial score (nSPS) is 18.1. The maximum Gasteiger partial charge on any atom is 0.330 e. The van der Waals surface area contributed by atoms with Gasteiger partial charge in [0, 0.05) is 12.2 Å². The lowest BCUT2D eigenvalue weighted by atomic mass is 10.0. The maximum absolute atomic E-state index is 12.4. The number of hydrogen-bond donors (Lipinski definition) is 0. The second kappa shape index (κ2) is 13.2. The fourth-order valence-electron chi connectivity index (χ4n) is 3.68. The molecule has 0 aliphatic carbocycles. The molecular formula is C30H28O6. The molecular weight excluding hydrogens is 456 g/mol. The van der Waals surface area contributed by atoms with Crippen molar-refractivity contribution in [2.75, 3.05) is 6.61 Å². The molecule has 6 heteroatoms. The van der Waals surface area contributed by atoms with Gasteiger partial charge in [-0.15, -0.1) is 0 Å². The number of carbonyl (C=O) groups is 2. The summed E-state index contributed by atoms with van der Waals surface area (Å²) in [6, 6.07) is 28.8. The molecule has 0 radical (unpaired) electrons. The molecule has 4 rings (SSSR count). The monoisotopic (exact) mass is 484 g/mol. The Balaban J connectivity index is 1.45. The molecule has 0 bridgehead atoms. The smallest absolute Gasteiger partial charge is 0.330 e. The van der Waals surface area contributed by atoms with Gasteiger partial charge in [0.15, 0.2) is 6.10 Å². The van der Waals surface area contributed by atoms with Crippen LogP contribution in [0, 0.1) is 0 Å². The maximum atomic E-state index is 12.4. The molecule has 0 N–H and O–H groups in total. The van der Waals surface area contributed by atoms with Gasteiger partial charge in [0.1, 0.15) is 18.8 Å². The van der Waals surface area contributed by atoms with Crippen molar-refractivity contribution < 1.29 is 28.5 Å². The van der Waals surface area contributed by atoms with Gasteiger partial charge in [0.05, 0.1) is 13.2 Å². The molecule has 1 aliphatic heterocycles. The fourth-order valence-corrected chi connectivity index (χ4v) is 3.68. The van der Waals surface area contributed by atoms with E-state index in [0.29, 0.717) is 6.61 Å². The third kappa shape index (κ3) is 7.77. The number of cyclic esters (lactones) is 1. The Morgan fingerprint density at radius 3 is 2.14 bits per heavy atom. The van der Waals surface area contributed by atoms with Gasteiger partial charge in [-0.3, -0.25) is 0 Å². The molecule has 0 amide bonds. The van der Waals surface area contributed by atoms with Gasteiger partial charge in [0.25, 0.3) is 0 Å². The number of rotatable bonds is 11. The van der Waals surface area contributed by atoms with E-state index < -0.39 is 30.3 Å². The lowest BCUT2D eigenvalue weighted by molar-refractivity contribution is -0.177. The van der Waals surface area contributed by atoms with Crippen LogP contribution in [0.25, 0.3) is 6.08 Å². The number of carbonyl (C=O) groups excluding carboxylic acids is 2. The molecule has 0 fully saturated rings. The zero-order chi connectivity index (χ0) is 25.0. The highest BCUT2D eigenvalue weighted by atomic mass is 16.6. The predicted molar refractivity (Wildman–Crippen MR) is 135 cm³/mol. The van der Waals surface area contributed by atoms with Gasteiger partial charge in [-0.25, -0.2) is 9.59 Å². The molecule has 3 aromatic rings. The van der Waals surface area contributed by atoms with Crippen molar-refractivity contribution in [2.45, 2.75) is 31.5 Å². The van der Waals surface area contributed by atoms with E-state index in [4.69, 9.17) is 18.9 Å². The molecule has 6 nitrogen and oxygen atoms in total. The molecule has 0 aromatic heterocycles. The highest BCUT2D eigenvalue weighted by molar-refractivity contribution is 5.87. The molecule has 3 aromatic carbocycles. The van der Waals surface area contributed by atoms with Crippen LogP contribution in [0.1, 0.15) is 16.7 Å². The third-order valence-corrected chi connectivity index (χ3v) is 5.56. The summed E-state index contributed by atoms with van der Waals surface area (Å²) in [5.41, 5.74) is 2.81. The summed E-state index contributed by atoms with van der Waals surface area (Å²) in [6.45, 7) is 0.475. The average molecular weight is 485 g/mol. The van der Waals surface area contributed by atoms with E-state index in [1.165, 1.54) is 12.2 Å². The quantitative estimate of drug-likeness (QED) is 0.285. The van der Waals surface area contributed by atoms with Crippen LogP contribution in [-0.4, -0.2) is 36.9 Å². The second-order valence-corrected chi connectivity index (χ2v) is 8.23. The Hall–Kier alpha value is -4.00. The number of esters is 2. The number of benzene rings is 3. The van der Waals surface area contributed by atoms with Gasteiger partial charge in [-0.1, -0.05) is 91.0 Å². The number of ether oxygens (including phenoxy) is 4. The Morgan fingerprint density at radius 2 is 1.47 bits per heavy atom. The van der Waals surface area contributed by atoms with E-state index in [1.807, 2.05) is 91.0 Å². The van der Waals surface area contributed by atoms with Crippen LogP contribution in [0.2, 0.25) is 0 Å². The average Bonchev–Trinajstić information content (AvgIpc) is 2.93. The van der Waals surface area contributed by atoms with Crippen LogP contribution in [-0.2, 0) is 41.8 Å². The van der Waals surface area contributed by atoms with Crippen molar-refractivity contribution in [3.8, 4) is 0 Å². The molecule has 184 valence electrons. The van der Waals surface area contributed by atoms with E-state index in [9.17, 15) is 9.59 Å². The van der Waals surface area contributed by atoms with Crippen molar-refractivity contribution >= 4 is 18.0 Å². The van der Waals surface area contributed by atoms with E-state index in [2.05, 4.69) is 0 Å². The molecule has 1 aliphatic rings. The minimum atomic E-state index is -0.791. The minimum Gasteiger partial charge on any atom is -0.460 e. The van der Waals surface area contributed by atoms with Crippen molar-refractivity contribution in [1.29, 1.82) is 0 Å². The molecule has 36 heavy (non-hydrogen) atoms. The topological polar surface area (TPSA) is 71.1 Å². The predicted octanol–water partition coefficient (Wildman–Crippen LogP) is 4.90. The molecule has 1 heterocycles. The first-order chi connectivity index (χ1) is 17.7. The van der Waals surface area contributed by atoms with E-state index in [0.717, 1.165) is 16.7 Å². The van der Waals surface area contributed by atoms with Gasteiger partial charge < -0.3 is 18.9 Å². The molecule has 0 saturated heterocycles. The van der Waals surface area contributed by atoms with Crippen LogP contribution >= 0.6 is 0 Å². The van der Waals surface area contributed by atoms with Crippen LogP contribution in [0.15, 0.2) is 109 Å². The van der Waals surface area contributed by atoms with Gasteiger partial charge in [-0.05, 0) is 28.8 Å². The van der Waals surface area contributed by atoms with E-state index in [1.54, 1.807) is 12.2 Å². The summed E-state index contributed by atoms with van der Waals surface area (Å²) >= 11 is 0. The van der Waals surface area contributed by atoms with Gasteiger partial charge >= 0.3 is 11.9 Å². The van der Waals surface area contributed by atoms with Gasteiger partial charge in [0.2, 0.25) is 0 Å². The highest BCUT2D eigenvalue weighted by Crippen LogP contribution is 2.21. The summed E-state index contributed by atoms with van der Waals surface area (Å²) in [6.07, 6.45) is 3.94.